The number of terminal acetylenes is 1. The average molecular weight is 216 g/mol. The summed E-state index contributed by atoms with van der Waals surface area (Å²) in [6.45, 7) is 7.31. The standard InChI is InChI=1S/C15H20O/c1-5-6-7-12-16-14-10-8-13(9-11-14)15(2,3)4/h1,8-11H,6-7,12H2,2-4H3. The van der Waals surface area contributed by atoms with E-state index < -0.39 is 0 Å². The van der Waals surface area contributed by atoms with Crippen LogP contribution >= 0.6 is 0 Å². The van der Waals surface area contributed by atoms with Gasteiger partial charge in [-0.15, -0.1) is 12.3 Å². The Balaban J connectivity index is 2.49. The van der Waals surface area contributed by atoms with E-state index in [0.717, 1.165) is 18.6 Å². The van der Waals surface area contributed by atoms with Crippen LogP contribution in [0.3, 0.4) is 0 Å². The molecule has 0 saturated heterocycles. The summed E-state index contributed by atoms with van der Waals surface area (Å²) in [7, 11) is 0. The fourth-order valence-electron chi connectivity index (χ4n) is 1.42. The molecular weight excluding hydrogens is 196 g/mol. The van der Waals surface area contributed by atoms with Crippen LogP contribution in [0.2, 0.25) is 0 Å². The highest BCUT2D eigenvalue weighted by atomic mass is 16.5. The first-order valence-corrected chi connectivity index (χ1v) is 5.71. The minimum Gasteiger partial charge on any atom is -0.494 e. The van der Waals surface area contributed by atoms with Crippen molar-refractivity contribution in [3.8, 4) is 18.1 Å². The van der Waals surface area contributed by atoms with Crippen LogP contribution in [0, 0.1) is 12.3 Å². The lowest BCUT2D eigenvalue weighted by Crippen LogP contribution is -2.10. The molecule has 0 spiro atoms. The van der Waals surface area contributed by atoms with Crippen molar-refractivity contribution in [2.45, 2.75) is 39.0 Å². The first-order chi connectivity index (χ1) is 7.54. The molecule has 0 radical (unpaired) electrons. The molecule has 1 aromatic rings. The molecular formula is C15H20O. The molecule has 1 nitrogen and oxygen atoms in total. The van der Waals surface area contributed by atoms with E-state index in [4.69, 9.17) is 11.2 Å². The summed E-state index contributed by atoms with van der Waals surface area (Å²) >= 11 is 0. The van der Waals surface area contributed by atoms with Gasteiger partial charge < -0.3 is 4.74 Å². The molecule has 86 valence electrons. The number of benzene rings is 1. The maximum Gasteiger partial charge on any atom is 0.119 e. The number of hydrogen-bond acceptors (Lipinski definition) is 1. The molecule has 1 heteroatoms. The van der Waals surface area contributed by atoms with E-state index in [2.05, 4.69) is 38.8 Å². The van der Waals surface area contributed by atoms with E-state index in [1.165, 1.54) is 5.56 Å². The van der Waals surface area contributed by atoms with Gasteiger partial charge in [-0.3, -0.25) is 0 Å². The molecule has 0 aromatic heterocycles. The fourth-order valence-corrected chi connectivity index (χ4v) is 1.42. The summed E-state index contributed by atoms with van der Waals surface area (Å²) in [6.07, 6.45) is 6.86. The largest absolute Gasteiger partial charge is 0.494 e. The maximum atomic E-state index is 5.58. The van der Waals surface area contributed by atoms with E-state index >= 15 is 0 Å². The van der Waals surface area contributed by atoms with Gasteiger partial charge in [0.2, 0.25) is 0 Å². The Hall–Kier alpha value is -1.42. The molecule has 1 aromatic carbocycles. The van der Waals surface area contributed by atoms with Gasteiger partial charge in [0.05, 0.1) is 6.61 Å². The van der Waals surface area contributed by atoms with E-state index in [1.807, 2.05) is 12.1 Å². The molecule has 0 amide bonds. The SMILES string of the molecule is C#CCCCOc1ccc(C(C)(C)C)cc1. The van der Waals surface area contributed by atoms with E-state index in [0.29, 0.717) is 6.61 Å². The molecule has 0 aliphatic heterocycles. The van der Waals surface area contributed by atoms with Gasteiger partial charge in [0.1, 0.15) is 5.75 Å². The second kappa shape index (κ2) is 5.61. The molecule has 0 bridgehead atoms. The third kappa shape index (κ3) is 3.98. The van der Waals surface area contributed by atoms with Crippen LogP contribution in [0.25, 0.3) is 0 Å². The monoisotopic (exact) mass is 216 g/mol. The summed E-state index contributed by atoms with van der Waals surface area (Å²) in [4.78, 5) is 0. The van der Waals surface area contributed by atoms with Gasteiger partial charge in [0.25, 0.3) is 0 Å². The lowest BCUT2D eigenvalue weighted by molar-refractivity contribution is 0.312. The van der Waals surface area contributed by atoms with Crippen molar-refractivity contribution in [1.29, 1.82) is 0 Å². The molecule has 0 aliphatic carbocycles. The lowest BCUT2D eigenvalue weighted by atomic mass is 9.87. The molecule has 0 fully saturated rings. The van der Waals surface area contributed by atoms with Gasteiger partial charge in [0, 0.05) is 6.42 Å². The predicted octanol–water partition coefficient (Wildman–Crippen LogP) is 3.78. The molecule has 0 unspecified atom stereocenters. The zero-order valence-corrected chi connectivity index (χ0v) is 10.4. The summed E-state index contributed by atoms with van der Waals surface area (Å²) in [5, 5.41) is 0. The van der Waals surface area contributed by atoms with Crippen molar-refractivity contribution in [2.75, 3.05) is 6.61 Å². The number of unbranched alkanes of at least 4 members (excludes halogenated alkanes) is 1. The summed E-state index contributed by atoms with van der Waals surface area (Å²) in [5.41, 5.74) is 1.52. The van der Waals surface area contributed by atoms with Crippen LogP contribution in [0.4, 0.5) is 0 Å². The van der Waals surface area contributed by atoms with Crippen molar-refractivity contribution in [3.05, 3.63) is 29.8 Å². The lowest BCUT2D eigenvalue weighted by Gasteiger charge is -2.19. The van der Waals surface area contributed by atoms with Gasteiger partial charge in [0.15, 0.2) is 0 Å². The quantitative estimate of drug-likeness (QED) is 0.550. The molecule has 0 aliphatic rings. The Kier molecular flexibility index (Phi) is 4.43. The highest BCUT2D eigenvalue weighted by Crippen LogP contribution is 2.24. The van der Waals surface area contributed by atoms with Crippen molar-refractivity contribution in [3.63, 3.8) is 0 Å². The Morgan fingerprint density at radius 1 is 1.19 bits per heavy atom. The zero-order chi connectivity index (χ0) is 12.0. The Labute approximate surface area is 98.8 Å². The Bertz CT molecular complexity index is 349. The fraction of sp³-hybridized carbons (Fsp3) is 0.467. The Morgan fingerprint density at radius 3 is 2.31 bits per heavy atom. The van der Waals surface area contributed by atoms with Crippen molar-refractivity contribution < 1.29 is 4.74 Å². The number of hydrogen-bond donors (Lipinski definition) is 0. The van der Waals surface area contributed by atoms with Gasteiger partial charge in [-0.2, -0.15) is 0 Å². The molecule has 0 N–H and O–H groups in total. The van der Waals surface area contributed by atoms with Gasteiger partial charge >= 0.3 is 0 Å². The molecule has 0 heterocycles. The van der Waals surface area contributed by atoms with E-state index in [1.54, 1.807) is 0 Å². The smallest absolute Gasteiger partial charge is 0.119 e. The van der Waals surface area contributed by atoms with Gasteiger partial charge in [-0.1, -0.05) is 32.9 Å². The van der Waals surface area contributed by atoms with Gasteiger partial charge in [-0.25, -0.2) is 0 Å². The summed E-state index contributed by atoms with van der Waals surface area (Å²) in [6, 6.07) is 8.29. The highest BCUT2D eigenvalue weighted by Gasteiger charge is 2.12. The predicted molar refractivity (Wildman–Crippen MR) is 68.7 cm³/mol. The van der Waals surface area contributed by atoms with Crippen LogP contribution in [0.1, 0.15) is 39.2 Å². The third-order valence-electron chi connectivity index (χ3n) is 2.45. The molecule has 1 rings (SSSR count). The minimum absolute atomic E-state index is 0.196. The second-order valence-corrected chi connectivity index (χ2v) is 4.93. The summed E-state index contributed by atoms with van der Waals surface area (Å²) < 4.78 is 5.58. The van der Waals surface area contributed by atoms with Crippen molar-refractivity contribution in [2.24, 2.45) is 0 Å². The number of rotatable bonds is 4. The molecule has 0 atom stereocenters. The van der Waals surface area contributed by atoms with E-state index in [-0.39, 0.29) is 5.41 Å². The Morgan fingerprint density at radius 2 is 1.81 bits per heavy atom. The number of ether oxygens (including phenoxy) is 1. The third-order valence-corrected chi connectivity index (χ3v) is 2.45. The summed E-state index contributed by atoms with van der Waals surface area (Å²) in [5.74, 6) is 3.52. The molecule has 16 heavy (non-hydrogen) atoms. The van der Waals surface area contributed by atoms with Crippen molar-refractivity contribution in [1.82, 2.24) is 0 Å². The minimum atomic E-state index is 0.196. The topological polar surface area (TPSA) is 9.23 Å². The zero-order valence-electron chi connectivity index (χ0n) is 10.4. The molecule has 0 saturated carbocycles. The first kappa shape index (κ1) is 12.6. The van der Waals surface area contributed by atoms with Crippen LogP contribution in [-0.2, 0) is 5.41 Å². The van der Waals surface area contributed by atoms with Gasteiger partial charge in [-0.05, 0) is 29.5 Å². The van der Waals surface area contributed by atoms with Crippen molar-refractivity contribution >= 4 is 0 Å². The van der Waals surface area contributed by atoms with Crippen LogP contribution < -0.4 is 4.74 Å². The van der Waals surface area contributed by atoms with Crippen LogP contribution in [0.15, 0.2) is 24.3 Å². The van der Waals surface area contributed by atoms with Crippen LogP contribution in [-0.4, -0.2) is 6.61 Å². The maximum absolute atomic E-state index is 5.58. The second-order valence-electron chi connectivity index (χ2n) is 4.93. The van der Waals surface area contributed by atoms with E-state index in [9.17, 15) is 0 Å². The first-order valence-electron chi connectivity index (χ1n) is 5.71. The highest BCUT2D eigenvalue weighted by molar-refractivity contribution is 5.31. The normalized spacial score (nSPS) is 10.9. The average Bonchev–Trinajstić information content (AvgIpc) is 2.24. The van der Waals surface area contributed by atoms with Crippen LogP contribution in [0.5, 0.6) is 5.75 Å².